The van der Waals surface area contributed by atoms with Crippen LogP contribution in [0, 0.1) is 0 Å². The maximum atomic E-state index is 13.1. The Morgan fingerprint density at radius 3 is 2.23 bits per heavy atom. The smallest absolute Gasteiger partial charge is 0.272 e. The lowest BCUT2D eigenvalue weighted by Crippen LogP contribution is -2.30. The van der Waals surface area contributed by atoms with Crippen molar-refractivity contribution in [2.75, 3.05) is 16.4 Å². The molecule has 0 bridgehead atoms. The third kappa shape index (κ3) is 7.25. The lowest BCUT2D eigenvalue weighted by atomic mass is 10.1. The Kier molecular flexibility index (Phi) is 8.70. The molecule has 198 valence electrons. The number of anilines is 2. The van der Waals surface area contributed by atoms with Gasteiger partial charge in [-0.2, -0.15) is 11.3 Å². The van der Waals surface area contributed by atoms with E-state index in [0.717, 1.165) is 26.9 Å². The number of thioether (sulfide) groups is 1. The molecule has 0 aliphatic heterocycles. The van der Waals surface area contributed by atoms with Gasteiger partial charge in [0.1, 0.15) is 5.70 Å². The van der Waals surface area contributed by atoms with Crippen LogP contribution in [0.1, 0.15) is 15.9 Å². The number of thiophene rings is 1. The van der Waals surface area contributed by atoms with Gasteiger partial charge in [-0.05, 0) is 87.8 Å². The van der Waals surface area contributed by atoms with Crippen LogP contribution in [0.4, 0.5) is 11.4 Å². The summed E-state index contributed by atoms with van der Waals surface area (Å²) in [6, 6.07) is 31.7. The molecule has 0 unspecified atom stereocenters. The molecule has 0 saturated heterocycles. The van der Waals surface area contributed by atoms with Gasteiger partial charge < -0.3 is 16.0 Å². The van der Waals surface area contributed by atoms with E-state index < -0.39 is 5.91 Å². The molecule has 0 aliphatic carbocycles. The molecule has 5 aromatic rings. The topological polar surface area (TPSA) is 87.3 Å². The highest BCUT2D eigenvalue weighted by Crippen LogP contribution is 2.23. The third-order valence-electron chi connectivity index (χ3n) is 5.90. The molecule has 40 heavy (non-hydrogen) atoms. The van der Waals surface area contributed by atoms with Crippen molar-refractivity contribution in [2.24, 2.45) is 0 Å². The van der Waals surface area contributed by atoms with Crippen LogP contribution in [0.25, 0.3) is 16.8 Å². The van der Waals surface area contributed by atoms with Crippen LogP contribution in [0.3, 0.4) is 0 Å². The second-order valence-corrected chi connectivity index (χ2v) is 10.6. The van der Waals surface area contributed by atoms with Crippen LogP contribution in [0.5, 0.6) is 0 Å². The Morgan fingerprint density at radius 2 is 1.48 bits per heavy atom. The number of fused-ring (bicyclic) bond motifs is 1. The van der Waals surface area contributed by atoms with Gasteiger partial charge in [0.15, 0.2) is 0 Å². The molecule has 0 fully saturated rings. The molecule has 5 rings (SSSR count). The SMILES string of the molecule is O=C(CSc1ccc(NC(=O)/C(=C/c2ccsc2)NC(=O)c2ccccc2)cc1)Nc1ccc2ccccc2c1. The molecule has 1 aromatic heterocycles. The minimum Gasteiger partial charge on any atom is -0.325 e. The number of rotatable bonds is 9. The zero-order valence-corrected chi connectivity index (χ0v) is 22.9. The van der Waals surface area contributed by atoms with E-state index in [-0.39, 0.29) is 23.3 Å². The molecule has 0 saturated carbocycles. The van der Waals surface area contributed by atoms with Gasteiger partial charge in [0.25, 0.3) is 11.8 Å². The maximum Gasteiger partial charge on any atom is 0.272 e. The van der Waals surface area contributed by atoms with Gasteiger partial charge in [-0.3, -0.25) is 14.4 Å². The molecular weight excluding hydrogens is 539 g/mol. The normalized spacial score (nSPS) is 11.2. The molecule has 0 radical (unpaired) electrons. The van der Waals surface area contributed by atoms with Gasteiger partial charge in [0, 0.05) is 21.8 Å². The van der Waals surface area contributed by atoms with Crippen molar-refractivity contribution < 1.29 is 14.4 Å². The van der Waals surface area contributed by atoms with Crippen molar-refractivity contribution in [3.05, 3.63) is 131 Å². The summed E-state index contributed by atoms with van der Waals surface area (Å²) in [6.07, 6.45) is 1.64. The maximum absolute atomic E-state index is 13.1. The average Bonchev–Trinajstić information content (AvgIpc) is 3.50. The fourth-order valence-corrected chi connectivity index (χ4v) is 5.23. The Hall–Kier alpha value is -4.66. The predicted molar refractivity (Wildman–Crippen MR) is 165 cm³/mol. The van der Waals surface area contributed by atoms with Crippen molar-refractivity contribution >= 4 is 69.0 Å². The van der Waals surface area contributed by atoms with Gasteiger partial charge in [-0.1, -0.05) is 48.5 Å². The number of amides is 3. The highest BCUT2D eigenvalue weighted by molar-refractivity contribution is 8.00. The molecule has 4 aromatic carbocycles. The monoisotopic (exact) mass is 563 g/mol. The van der Waals surface area contributed by atoms with Crippen LogP contribution in [-0.4, -0.2) is 23.5 Å². The van der Waals surface area contributed by atoms with Gasteiger partial charge in [0.2, 0.25) is 5.91 Å². The van der Waals surface area contributed by atoms with Crippen LogP contribution < -0.4 is 16.0 Å². The minimum atomic E-state index is -0.439. The summed E-state index contributed by atoms with van der Waals surface area (Å²) >= 11 is 2.90. The summed E-state index contributed by atoms with van der Waals surface area (Å²) in [5.41, 5.74) is 2.74. The first-order chi connectivity index (χ1) is 19.5. The van der Waals surface area contributed by atoms with Crippen molar-refractivity contribution in [3.63, 3.8) is 0 Å². The zero-order chi connectivity index (χ0) is 27.7. The fraction of sp³-hybridized carbons (Fsp3) is 0.0312. The van der Waals surface area contributed by atoms with Crippen molar-refractivity contribution in [3.8, 4) is 0 Å². The highest BCUT2D eigenvalue weighted by atomic mass is 32.2. The predicted octanol–water partition coefficient (Wildman–Crippen LogP) is 7.04. The molecule has 1 heterocycles. The third-order valence-corrected chi connectivity index (χ3v) is 7.61. The standard InChI is InChI=1S/C32H25N3O3S2/c36-30(33-27-11-10-23-6-4-5-9-25(23)19-27)21-40-28-14-12-26(13-15-28)34-32(38)29(18-22-16-17-39-20-22)35-31(37)24-7-2-1-3-8-24/h1-20H,21H2,(H,33,36)(H,34,38)(H,35,37)/b29-18-. The first kappa shape index (κ1) is 26.9. The summed E-state index contributed by atoms with van der Waals surface area (Å²) in [5.74, 6) is -0.663. The van der Waals surface area contributed by atoms with E-state index in [2.05, 4.69) is 16.0 Å². The zero-order valence-electron chi connectivity index (χ0n) is 21.3. The number of carbonyl (C=O) groups excluding carboxylic acids is 3. The summed E-state index contributed by atoms with van der Waals surface area (Å²) in [6.45, 7) is 0. The molecular formula is C32H25N3O3S2. The van der Waals surface area contributed by atoms with E-state index >= 15 is 0 Å². The molecule has 0 spiro atoms. The number of nitrogens with one attached hydrogen (secondary N) is 3. The quantitative estimate of drug-likeness (QED) is 0.133. The second kappa shape index (κ2) is 12.9. The van der Waals surface area contributed by atoms with Crippen LogP contribution in [0.2, 0.25) is 0 Å². The van der Waals surface area contributed by atoms with E-state index in [9.17, 15) is 14.4 Å². The molecule has 0 atom stereocenters. The molecule has 8 heteroatoms. The molecule has 6 nitrogen and oxygen atoms in total. The van der Waals surface area contributed by atoms with Crippen molar-refractivity contribution in [1.82, 2.24) is 5.32 Å². The van der Waals surface area contributed by atoms with E-state index in [1.165, 1.54) is 23.1 Å². The van der Waals surface area contributed by atoms with E-state index in [1.54, 1.807) is 42.5 Å². The summed E-state index contributed by atoms with van der Waals surface area (Å²) < 4.78 is 0. The first-order valence-electron chi connectivity index (χ1n) is 12.5. The van der Waals surface area contributed by atoms with E-state index in [4.69, 9.17) is 0 Å². The molecule has 3 N–H and O–H groups in total. The van der Waals surface area contributed by atoms with Crippen LogP contribution in [-0.2, 0) is 9.59 Å². The largest absolute Gasteiger partial charge is 0.325 e. The van der Waals surface area contributed by atoms with Gasteiger partial charge in [-0.15, -0.1) is 11.8 Å². The Morgan fingerprint density at radius 1 is 0.750 bits per heavy atom. The van der Waals surface area contributed by atoms with Crippen LogP contribution in [0.15, 0.2) is 124 Å². The first-order valence-corrected chi connectivity index (χ1v) is 14.4. The number of hydrogen-bond acceptors (Lipinski definition) is 5. The number of benzene rings is 4. The second-order valence-electron chi connectivity index (χ2n) is 8.81. The number of carbonyl (C=O) groups is 3. The lowest BCUT2D eigenvalue weighted by molar-refractivity contribution is -0.114. The van der Waals surface area contributed by atoms with Gasteiger partial charge >= 0.3 is 0 Å². The Labute approximate surface area is 240 Å². The Balaban J connectivity index is 1.18. The van der Waals surface area contributed by atoms with Crippen molar-refractivity contribution in [2.45, 2.75) is 4.90 Å². The average molecular weight is 564 g/mol. The van der Waals surface area contributed by atoms with E-state index in [1.807, 2.05) is 77.5 Å². The van der Waals surface area contributed by atoms with Crippen LogP contribution >= 0.6 is 23.1 Å². The summed E-state index contributed by atoms with van der Waals surface area (Å²) in [5, 5.41) is 14.5. The highest BCUT2D eigenvalue weighted by Gasteiger charge is 2.15. The number of hydrogen-bond donors (Lipinski definition) is 3. The van der Waals surface area contributed by atoms with Gasteiger partial charge in [0.05, 0.1) is 5.75 Å². The Bertz CT molecular complexity index is 1670. The lowest BCUT2D eigenvalue weighted by Gasteiger charge is -2.11. The summed E-state index contributed by atoms with van der Waals surface area (Å²) in [4.78, 5) is 39.2. The van der Waals surface area contributed by atoms with Crippen molar-refractivity contribution in [1.29, 1.82) is 0 Å². The molecule has 0 aliphatic rings. The minimum absolute atomic E-state index is 0.102. The van der Waals surface area contributed by atoms with E-state index in [0.29, 0.717) is 11.3 Å². The van der Waals surface area contributed by atoms with Gasteiger partial charge in [-0.25, -0.2) is 0 Å². The fourth-order valence-electron chi connectivity index (χ4n) is 3.91. The molecule has 3 amide bonds. The summed E-state index contributed by atoms with van der Waals surface area (Å²) in [7, 11) is 0.